The summed E-state index contributed by atoms with van der Waals surface area (Å²) in [7, 11) is 0. The highest BCUT2D eigenvalue weighted by molar-refractivity contribution is 6.00. The van der Waals surface area contributed by atoms with Crippen LogP contribution in [-0.4, -0.2) is 25.2 Å². The Bertz CT molecular complexity index is 495. The molecule has 0 fully saturated rings. The van der Waals surface area contributed by atoms with Gasteiger partial charge in [-0.15, -0.1) is 0 Å². The number of hydrogen-bond donors (Lipinski definition) is 0. The van der Waals surface area contributed by atoms with E-state index in [4.69, 9.17) is 9.47 Å². The number of hydrogen-bond acceptors (Lipinski definition) is 4. The second-order valence-electron chi connectivity index (χ2n) is 9.85. The Labute approximate surface area is 172 Å². The molecule has 28 heavy (non-hydrogen) atoms. The molecular weight excluding hydrogens is 352 g/mol. The highest BCUT2D eigenvalue weighted by Crippen LogP contribution is 2.30. The van der Waals surface area contributed by atoms with Crippen LogP contribution >= 0.6 is 0 Å². The summed E-state index contributed by atoms with van der Waals surface area (Å²) in [6.07, 6.45) is 9.62. The van der Waals surface area contributed by atoms with Gasteiger partial charge in [0.1, 0.15) is 0 Å². The Morgan fingerprint density at radius 1 is 0.750 bits per heavy atom. The summed E-state index contributed by atoms with van der Waals surface area (Å²) in [5.74, 6) is -0.664. The highest BCUT2D eigenvalue weighted by atomic mass is 16.5. The van der Waals surface area contributed by atoms with Crippen molar-refractivity contribution in [1.29, 1.82) is 0 Å². The number of unbranched alkanes of at least 4 members (excludes halogenated alkanes) is 2. The summed E-state index contributed by atoms with van der Waals surface area (Å²) in [6.45, 7) is 13.6. The average Bonchev–Trinajstić information content (AvgIpc) is 2.67. The van der Waals surface area contributed by atoms with E-state index >= 15 is 0 Å². The second-order valence-corrected chi connectivity index (χ2v) is 9.85. The molecule has 1 rings (SSSR count). The summed E-state index contributed by atoms with van der Waals surface area (Å²) in [6, 6.07) is 0. The number of carbonyl (C=O) groups excluding carboxylic acids is 2. The molecule has 4 heteroatoms. The van der Waals surface area contributed by atoms with E-state index in [1.165, 1.54) is 0 Å². The van der Waals surface area contributed by atoms with Gasteiger partial charge in [0.05, 0.1) is 13.2 Å². The van der Waals surface area contributed by atoms with Crippen LogP contribution in [0, 0.1) is 10.8 Å². The standard InChI is InChI=1S/C24H42O4/c1-7-9-15-23(3,4)17-27-21(25)19-13-11-12-14-20(19)22(26)28-18-24(5,6)16-10-8-2/h7-18H2,1-6H3. The van der Waals surface area contributed by atoms with Crippen molar-refractivity contribution in [1.82, 2.24) is 0 Å². The van der Waals surface area contributed by atoms with Crippen LogP contribution in [0.4, 0.5) is 0 Å². The van der Waals surface area contributed by atoms with Crippen LogP contribution in [0.5, 0.6) is 0 Å². The zero-order valence-electron chi connectivity index (χ0n) is 19.1. The van der Waals surface area contributed by atoms with Crippen molar-refractivity contribution in [2.45, 2.75) is 106 Å². The predicted octanol–water partition coefficient (Wildman–Crippen LogP) is 6.38. The number of rotatable bonds is 12. The fourth-order valence-corrected chi connectivity index (χ4v) is 3.51. The van der Waals surface area contributed by atoms with E-state index in [0.29, 0.717) is 37.2 Å². The molecule has 1 aliphatic carbocycles. The molecule has 0 unspecified atom stereocenters. The molecule has 0 heterocycles. The molecule has 0 saturated carbocycles. The topological polar surface area (TPSA) is 52.6 Å². The third kappa shape index (κ3) is 8.79. The Morgan fingerprint density at radius 2 is 1.11 bits per heavy atom. The van der Waals surface area contributed by atoms with Crippen molar-refractivity contribution in [2.24, 2.45) is 10.8 Å². The average molecular weight is 395 g/mol. The second kappa shape index (κ2) is 11.6. The lowest BCUT2D eigenvalue weighted by atomic mass is 9.87. The Morgan fingerprint density at radius 3 is 1.43 bits per heavy atom. The zero-order chi connectivity index (χ0) is 21.2. The van der Waals surface area contributed by atoms with Crippen molar-refractivity contribution in [3.8, 4) is 0 Å². The van der Waals surface area contributed by atoms with Crippen LogP contribution in [0.3, 0.4) is 0 Å². The molecule has 0 aromatic carbocycles. The van der Waals surface area contributed by atoms with Gasteiger partial charge in [-0.2, -0.15) is 0 Å². The van der Waals surface area contributed by atoms with Crippen molar-refractivity contribution < 1.29 is 19.1 Å². The summed E-state index contributed by atoms with van der Waals surface area (Å²) >= 11 is 0. The molecule has 162 valence electrons. The van der Waals surface area contributed by atoms with Crippen LogP contribution in [0.1, 0.15) is 106 Å². The van der Waals surface area contributed by atoms with Gasteiger partial charge in [0.15, 0.2) is 0 Å². The summed E-state index contributed by atoms with van der Waals surface area (Å²) in [5, 5.41) is 0. The van der Waals surface area contributed by atoms with Gasteiger partial charge in [-0.3, -0.25) is 0 Å². The van der Waals surface area contributed by atoms with Gasteiger partial charge < -0.3 is 9.47 Å². The molecule has 0 bridgehead atoms. The lowest BCUT2D eigenvalue weighted by molar-refractivity contribution is -0.146. The van der Waals surface area contributed by atoms with Crippen molar-refractivity contribution in [3.05, 3.63) is 11.1 Å². The van der Waals surface area contributed by atoms with Crippen LogP contribution in [0.2, 0.25) is 0 Å². The maximum Gasteiger partial charge on any atom is 0.334 e. The van der Waals surface area contributed by atoms with Gasteiger partial charge in [0, 0.05) is 11.1 Å². The van der Waals surface area contributed by atoms with Gasteiger partial charge in [0.25, 0.3) is 0 Å². The largest absolute Gasteiger partial charge is 0.462 e. The van der Waals surface area contributed by atoms with Gasteiger partial charge >= 0.3 is 11.9 Å². The number of esters is 2. The molecule has 0 radical (unpaired) electrons. The molecule has 0 aliphatic heterocycles. The molecule has 0 aromatic heterocycles. The smallest absolute Gasteiger partial charge is 0.334 e. The van der Waals surface area contributed by atoms with E-state index < -0.39 is 0 Å². The van der Waals surface area contributed by atoms with Gasteiger partial charge in [0.2, 0.25) is 0 Å². The number of ether oxygens (including phenoxy) is 2. The SMILES string of the molecule is CCCCC(C)(C)COC(=O)C1=C(C(=O)OCC(C)(C)CCCC)CCCC1. The molecule has 0 N–H and O–H groups in total. The lowest BCUT2D eigenvalue weighted by Gasteiger charge is -2.26. The first-order valence-electron chi connectivity index (χ1n) is 11.2. The Balaban J connectivity index is 2.72. The summed E-state index contributed by atoms with van der Waals surface area (Å²) < 4.78 is 11.2. The van der Waals surface area contributed by atoms with Crippen LogP contribution in [0.25, 0.3) is 0 Å². The third-order valence-electron chi connectivity index (χ3n) is 5.56. The van der Waals surface area contributed by atoms with Crippen molar-refractivity contribution in [2.75, 3.05) is 13.2 Å². The molecule has 0 amide bonds. The fourth-order valence-electron chi connectivity index (χ4n) is 3.51. The fraction of sp³-hybridized carbons (Fsp3) is 0.833. The van der Waals surface area contributed by atoms with Crippen LogP contribution < -0.4 is 0 Å². The van der Waals surface area contributed by atoms with Gasteiger partial charge in [-0.05, 0) is 49.4 Å². The van der Waals surface area contributed by atoms with E-state index in [0.717, 1.165) is 51.4 Å². The van der Waals surface area contributed by atoms with E-state index in [-0.39, 0.29) is 22.8 Å². The van der Waals surface area contributed by atoms with Crippen molar-refractivity contribution >= 4 is 11.9 Å². The van der Waals surface area contributed by atoms with Crippen molar-refractivity contribution in [3.63, 3.8) is 0 Å². The zero-order valence-corrected chi connectivity index (χ0v) is 19.1. The predicted molar refractivity (Wildman–Crippen MR) is 114 cm³/mol. The van der Waals surface area contributed by atoms with Crippen LogP contribution in [0.15, 0.2) is 11.1 Å². The minimum absolute atomic E-state index is 0.0368. The van der Waals surface area contributed by atoms with Gasteiger partial charge in [-0.1, -0.05) is 67.2 Å². The molecule has 0 saturated heterocycles. The molecular formula is C24H42O4. The third-order valence-corrected chi connectivity index (χ3v) is 5.56. The van der Waals surface area contributed by atoms with Gasteiger partial charge in [-0.25, -0.2) is 9.59 Å². The van der Waals surface area contributed by atoms with E-state index in [2.05, 4.69) is 41.5 Å². The Hall–Kier alpha value is -1.32. The van der Waals surface area contributed by atoms with E-state index in [1.807, 2.05) is 0 Å². The number of carbonyl (C=O) groups is 2. The molecule has 0 aromatic rings. The quantitative estimate of drug-likeness (QED) is 0.361. The molecule has 0 spiro atoms. The minimum Gasteiger partial charge on any atom is -0.462 e. The minimum atomic E-state index is -0.332. The first-order chi connectivity index (χ1) is 13.1. The maximum atomic E-state index is 12.7. The van der Waals surface area contributed by atoms with E-state index in [1.54, 1.807) is 0 Å². The maximum absolute atomic E-state index is 12.7. The molecule has 4 nitrogen and oxygen atoms in total. The monoisotopic (exact) mass is 394 g/mol. The van der Waals surface area contributed by atoms with Crippen LogP contribution in [-0.2, 0) is 19.1 Å². The molecule has 0 atom stereocenters. The Kier molecular flexibility index (Phi) is 10.3. The molecule has 1 aliphatic rings. The lowest BCUT2D eigenvalue weighted by Crippen LogP contribution is -2.27. The first kappa shape index (κ1) is 24.7. The summed E-state index contributed by atoms with van der Waals surface area (Å²) in [5.41, 5.74) is 0.998. The highest BCUT2D eigenvalue weighted by Gasteiger charge is 2.29. The first-order valence-corrected chi connectivity index (χ1v) is 11.2. The van der Waals surface area contributed by atoms with E-state index in [9.17, 15) is 9.59 Å². The normalized spacial score (nSPS) is 15.5. The summed E-state index contributed by atoms with van der Waals surface area (Å²) in [4.78, 5) is 25.4.